The van der Waals surface area contributed by atoms with Gasteiger partial charge < -0.3 is 15.5 Å². The van der Waals surface area contributed by atoms with Crippen LogP contribution < -0.4 is 10.6 Å². The molecule has 2 aromatic rings. The fourth-order valence-electron chi connectivity index (χ4n) is 5.44. The Bertz CT molecular complexity index is 1160. The van der Waals surface area contributed by atoms with Gasteiger partial charge in [-0.2, -0.15) is 5.26 Å². The number of carbonyl (C=O) groups is 2. The summed E-state index contributed by atoms with van der Waals surface area (Å²) in [5.74, 6) is -0.235. The molecule has 0 aromatic heterocycles. The summed E-state index contributed by atoms with van der Waals surface area (Å²) in [4.78, 5) is 26.6. The Kier molecular flexibility index (Phi) is 5.63. The number of hydrogen-bond acceptors (Lipinski definition) is 4. The summed E-state index contributed by atoms with van der Waals surface area (Å²) in [6.45, 7) is 0.668. The summed E-state index contributed by atoms with van der Waals surface area (Å²) >= 11 is 0. The summed E-state index contributed by atoms with van der Waals surface area (Å²) in [5, 5.41) is 15.7. The van der Waals surface area contributed by atoms with Crippen molar-refractivity contribution in [2.45, 2.75) is 50.2 Å². The maximum Gasteiger partial charge on any atom is 0.253 e. The highest BCUT2D eigenvalue weighted by atomic mass is 19.1. The van der Waals surface area contributed by atoms with Crippen LogP contribution in [0.3, 0.4) is 0 Å². The number of likely N-dealkylation sites (N-methyl/N-ethyl adjacent to an activating group) is 1. The lowest BCUT2D eigenvalue weighted by Crippen LogP contribution is -2.50. The van der Waals surface area contributed by atoms with Crippen LogP contribution in [0.15, 0.2) is 36.4 Å². The monoisotopic (exact) mass is 446 g/mol. The number of piperidine rings is 1. The first-order chi connectivity index (χ1) is 15.9. The van der Waals surface area contributed by atoms with Gasteiger partial charge >= 0.3 is 0 Å². The first-order valence-corrected chi connectivity index (χ1v) is 11.6. The van der Waals surface area contributed by atoms with Crippen LogP contribution in [-0.4, -0.2) is 48.4 Å². The standard InChI is InChI=1S/C26H27FN4O2/c1-31-9-8-17-10-15(5-7-22(17)26(31)33)16-2-3-18(23(27)13-16)11-21(14-28)30-25(32)24-19-4-6-20(12-19)29-24/h2-3,5,7,10,13,19-21,24,29H,4,6,8-9,11-12H2,1H3,(H,30,32)/t19-,20-,21-,24-/m0/s1. The van der Waals surface area contributed by atoms with E-state index in [-0.39, 0.29) is 24.3 Å². The van der Waals surface area contributed by atoms with Crippen LogP contribution >= 0.6 is 0 Å². The molecule has 2 fully saturated rings. The van der Waals surface area contributed by atoms with E-state index in [1.807, 2.05) is 18.2 Å². The molecule has 2 N–H and O–H groups in total. The van der Waals surface area contributed by atoms with Gasteiger partial charge in [-0.3, -0.25) is 9.59 Å². The van der Waals surface area contributed by atoms with Crippen LogP contribution in [0.2, 0.25) is 0 Å². The predicted molar refractivity (Wildman–Crippen MR) is 122 cm³/mol. The highest BCUT2D eigenvalue weighted by Crippen LogP contribution is 2.35. The number of benzene rings is 2. The number of nitrogens with one attached hydrogen (secondary N) is 2. The number of hydrogen-bond donors (Lipinski definition) is 2. The minimum atomic E-state index is -0.787. The molecule has 0 unspecified atom stereocenters. The summed E-state index contributed by atoms with van der Waals surface area (Å²) in [5.41, 5.74) is 3.63. The molecule has 0 spiro atoms. The van der Waals surface area contributed by atoms with Gasteiger partial charge in [0.1, 0.15) is 11.9 Å². The minimum absolute atomic E-state index is 0.00885. The van der Waals surface area contributed by atoms with Gasteiger partial charge in [-0.1, -0.05) is 24.3 Å². The lowest BCUT2D eigenvalue weighted by atomic mass is 9.93. The van der Waals surface area contributed by atoms with Gasteiger partial charge in [0.05, 0.1) is 12.1 Å². The van der Waals surface area contributed by atoms with Gasteiger partial charge in [-0.05, 0) is 66.0 Å². The highest BCUT2D eigenvalue weighted by Gasteiger charge is 2.43. The fraction of sp³-hybridized carbons (Fsp3) is 0.423. The zero-order valence-corrected chi connectivity index (χ0v) is 18.6. The van der Waals surface area contributed by atoms with E-state index >= 15 is 0 Å². The van der Waals surface area contributed by atoms with Crippen LogP contribution in [0.25, 0.3) is 11.1 Å². The van der Waals surface area contributed by atoms with E-state index in [9.17, 15) is 19.2 Å². The van der Waals surface area contributed by atoms with Crippen LogP contribution in [0.4, 0.5) is 4.39 Å². The van der Waals surface area contributed by atoms with Crippen LogP contribution in [0.1, 0.15) is 40.7 Å². The van der Waals surface area contributed by atoms with E-state index in [1.165, 1.54) is 6.07 Å². The molecule has 170 valence electrons. The molecule has 2 aromatic carbocycles. The second-order valence-corrected chi connectivity index (χ2v) is 9.46. The first kappa shape index (κ1) is 21.6. The number of rotatable bonds is 5. The van der Waals surface area contributed by atoms with Crippen molar-refractivity contribution >= 4 is 11.8 Å². The van der Waals surface area contributed by atoms with E-state index in [0.717, 1.165) is 36.8 Å². The third-order valence-electron chi connectivity index (χ3n) is 7.32. The SMILES string of the molecule is CN1CCc2cc(-c3ccc(C[C@@H](C#N)NC(=O)[C@H]4N[C@H]5CC[C@H]4C5)c(F)c3)ccc2C1=O. The van der Waals surface area contributed by atoms with Crippen LogP contribution in [-0.2, 0) is 17.6 Å². The predicted octanol–water partition coefficient (Wildman–Crippen LogP) is 2.81. The molecule has 33 heavy (non-hydrogen) atoms. The van der Waals surface area contributed by atoms with Crippen molar-refractivity contribution in [3.63, 3.8) is 0 Å². The Morgan fingerprint density at radius 1 is 1.27 bits per heavy atom. The third-order valence-corrected chi connectivity index (χ3v) is 7.32. The van der Waals surface area contributed by atoms with E-state index in [2.05, 4.69) is 16.7 Å². The van der Waals surface area contributed by atoms with Gasteiger partial charge in [-0.25, -0.2) is 4.39 Å². The quantitative estimate of drug-likeness (QED) is 0.740. The molecule has 1 aliphatic carbocycles. The molecule has 6 nitrogen and oxygen atoms in total. The number of nitriles is 1. The smallest absolute Gasteiger partial charge is 0.253 e. The summed E-state index contributed by atoms with van der Waals surface area (Å²) < 4.78 is 15.0. The Morgan fingerprint density at radius 3 is 2.76 bits per heavy atom. The lowest BCUT2D eigenvalue weighted by Gasteiger charge is -2.25. The Hall–Kier alpha value is -3.24. The average Bonchev–Trinajstić information content (AvgIpc) is 3.46. The molecule has 2 amide bonds. The Morgan fingerprint density at radius 2 is 2.06 bits per heavy atom. The molecule has 1 saturated carbocycles. The number of fused-ring (bicyclic) bond motifs is 3. The van der Waals surface area contributed by atoms with E-state index in [0.29, 0.717) is 35.2 Å². The molecule has 7 heteroatoms. The molecule has 3 aliphatic rings. The van der Waals surface area contributed by atoms with Crippen molar-refractivity contribution in [1.82, 2.24) is 15.5 Å². The summed E-state index contributed by atoms with van der Waals surface area (Å²) in [6, 6.07) is 12.0. The normalized spacial score (nSPS) is 24.3. The lowest BCUT2D eigenvalue weighted by molar-refractivity contribution is -0.124. The average molecular weight is 447 g/mol. The van der Waals surface area contributed by atoms with Crippen molar-refractivity contribution in [3.05, 3.63) is 58.9 Å². The second-order valence-electron chi connectivity index (χ2n) is 9.46. The Balaban J connectivity index is 1.28. The fourth-order valence-corrected chi connectivity index (χ4v) is 5.44. The first-order valence-electron chi connectivity index (χ1n) is 11.6. The van der Waals surface area contributed by atoms with Crippen LogP contribution in [0, 0.1) is 23.1 Å². The van der Waals surface area contributed by atoms with Gasteiger partial charge in [0.15, 0.2) is 0 Å². The molecule has 4 atom stereocenters. The maximum absolute atomic E-state index is 15.0. The van der Waals surface area contributed by atoms with E-state index in [4.69, 9.17) is 0 Å². The molecular weight excluding hydrogens is 419 g/mol. The molecule has 1 saturated heterocycles. The molecule has 2 bridgehead atoms. The summed E-state index contributed by atoms with van der Waals surface area (Å²) in [6.07, 6.45) is 4.04. The van der Waals surface area contributed by atoms with Gasteiger partial charge in [0.2, 0.25) is 5.91 Å². The number of amides is 2. The maximum atomic E-state index is 15.0. The van der Waals surface area contributed by atoms with E-state index < -0.39 is 11.9 Å². The number of halogens is 1. The third kappa shape index (κ3) is 4.11. The van der Waals surface area contributed by atoms with Crippen molar-refractivity contribution in [1.29, 1.82) is 5.26 Å². The number of nitrogens with zero attached hydrogens (tertiary/aromatic N) is 2. The molecule has 2 heterocycles. The van der Waals surface area contributed by atoms with Gasteiger partial charge in [-0.15, -0.1) is 0 Å². The van der Waals surface area contributed by atoms with Gasteiger partial charge in [0.25, 0.3) is 5.91 Å². The minimum Gasteiger partial charge on any atom is -0.341 e. The van der Waals surface area contributed by atoms with Crippen molar-refractivity contribution < 1.29 is 14.0 Å². The molecule has 5 rings (SSSR count). The van der Waals surface area contributed by atoms with Crippen molar-refractivity contribution in [2.75, 3.05) is 13.6 Å². The van der Waals surface area contributed by atoms with Crippen molar-refractivity contribution in [3.8, 4) is 17.2 Å². The second kappa shape index (κ2) is 8.60. The highest BCUT2D eigenvalue weighted by molar-refractivity contribution is 5.97. The molecule has 2 aliphatic heterocycles. The largest absolute Gasteiger partial charge is 0.341 e. The molecule has 0 radical (unpaired) electrons. The Labute approximate surface area is 192 Å². The topological polar surface area (TPSA) is 85.2 Å². The van der Waals surface area contributed by atoms with Crippen molar-refractivity contribution in [2.24, 2.45) is 5.92 Å². The van der Waals surface area contributed by atoms with Gasteiger partial charge in [0, 0.05) is 31.6 Å². The molecular formula is C26H27FN4O2. The van der Waals surface area contributed by atoms with Crippen LogP contribution in [0.5, 0.6) is 0 Å². The van der Waals surface area contributed by atoms with E-state index in [1.54, 1.807) is 24.1 Å². The summed E-state index contributed by atoms with van der Waals surface area (Å²) in [7, 11) is 1.79. The number of carbonyl (C=O) groups excluding carboxylic acids is 2. The zero-order chi connectivity index (χ0) is 23.1. The zero-order valence-electron chi connectivity index (χ0n) is 18.6.